The maximum absolute atomic E-state index is 12.0. The van der Waals surface area contributed by atoms with Gasteiger partial charge in [-0.25, -0.2) is 4.79 Å². The van der Waals surface area contributed by atoms with E-state index in [1.165, 1.54) is 5.56 Å². The van der Waals surface area contributed by atoms with Gasteiger partial charge in [-0.1, -0.05) is 30.3 Å². The van der Waals surface area contributed by atoms with Crippen molar-refractivity contribution >= 4 is 0 Å². The van der Waals surface area contributed by atoms with Crippen LogP contribution >= 0.6 is 0 Å². The molecule has 0 spiro atoms. The van der Waals surface area contributed by atoms with Gasteiger partial charge in [-0.15, -0.1) is 0 Å². The molecule has 0 saturated carbocycles. The summed E-state index contributed by atoms with van der Waals surface area (Å²) in [5, 5.41) is 0. The van der Waals surface area contributed by atoms with Gasteiger partial charge in [0, 0.05) is 24.8 Å². The number of ether oxygens (including phenoxy) is 1. The number of aromatic nitrogens is 2. The number of para-hydroxylation sites is 1. The van der Waals surface area contributed by atoms with E-state index in [4.69, 9.17) is 4.74 Å². The minimum Gasteiger partial charge on any atom is -0.457 e. The molecule has 0 radical (unpaired) electrons. The van der Waals surface area contributed by atoms with Crippen LogP contribution in [-0.4, -0.2) is 27.5 Å². The Labute approximate surface area is 175 Å². The molecule has 1 aliphatic rings. The molecule has 0 bridgehead atoms. The average molecular weight is 405 g/mol. The Balaban J connectivity index is 1.28. The lowest BCUT2D eigenvalue weighted by molar-refractivity contribution is 0.166. The standard InChI is InChI=1S/C24H27N3O3/c1-18-15-27(24(29)25-23(18)28)17-20-11-13-26(14-12-20)16-19-7-9-22(10-8-19)30-21-5-3-2-4-6-21/h2-10,15,20H,11-14,16-17H2,1H3,(H,25,28,29). The predicted molar refractivity (Wildman–Crippen MR) is 117 cm³/mol. The Morgan fingerprint density at radius 3 is 2.33 bits per heavy atom. The van der Waals surface area contributed by atoms with Crippen molar-refractivity contribution in [1.82, 2.24) is 14.5 Å². The second-order valence-corrected chi connectivity index (χ2v) is 8.00. The maximum atomic E-state index is 12.0. The molecule has 0 atom stereocenters. The number of aryl methyl sites for hydroxylation is 1. The minimum absolute atomic E-state index is 0.300. The zero-order valence-corrected chi connectivity index (χ0v) is 17.2. The van der Waals surface area contributed by atoms with Crippen molar-refractivity contribution in [3.8, 4) is 11.5 Å². The summed E-state index contributed by atoms with van der Waals surface area (Å²) in [5.74, 6) is 2.13. The van der Waals surface area contributed by atoms with Crippen molar-refractivity contribution < 1.29 is 4.74 Å². The number of nitrogens with one attached hydrogen (secondary N) is 1. The molecule has 1 N–H and O–H groups in total. The number of likely N-dealkylation sites (tertiary alicyclic amines) is 1. The first-order valence-corrected chi connectivity index (χ1v) is 10.4. The van der Waals surface area contributed by atoms with Crippen LogP contribution < -0.4 is 16.0 Å². The van der Waals surface area contributed by atoms with Gasteiger partial charge in [0.15, 0.2) is 0 Å². The molecule has 1 fully saturated rings. The van der Waals surface area contributed by atoms with Gasteiger partial charge < -0.3 is 9.30 Å². The number of hydrogen-bond donors (Lipinski definition) is 1. The summed E-state index contributed by atoms with van der Waals surface area (Å²) in [6, 6.07) is 18.0. The Bertz CT molecular complexity index is 1080. The highest BCUT2D eigenvalue weighted by molar-refractivity contribution is 5.32. The zero-order valence-electron chi connectivity index (χ0n) is 17.2. The van der Waals surface area contributed by atoms with Crippen LogP contribution in [-0.2, 0) is 13.1 Å². The normalized spacial score (nSPS) is 15.2. The summed E-state index contributed by atoms with van der Waals surface area (Å²) in [7, 11) is 0. The van der Waals surface area contributed by atoms with Crippen molar-refractivity contribution in [2.24, 2.45) is 5.92 Å². The van der Waals surface area contributed by atoms with E-state index in [9.17, 15) is 9.59 Å². The Morgan fingerprint density at radius 1 is 0.967 bits per heavy atom. The van der Waals surface area contributed by atoms with Crippen molar-refractivity contribution in [2.45, 2.75) is 32.9 Å². The van der Waals surface area contributed by atoms with Gasteiger partial charge >= 0.3 is 5.69 Å². The van der Waals surface area contributed by atoms with Crippen molar-refractivity contribution in [3.05, 3.63) is 92.8 Å². The molecule has 4 rings (SSSR count). The fourth-order valence-corrected chi connectivity index (χ4v) is 3.91. The Morgan fingerprint density at radius 2 is 1.63 bits per heavy atom. The van der Waals surface area contributed by atoms with Gasteiger partial charge in [0.25, 0.3) is 5.56 Å². The number of piperidine rings is 1. The highest BCUT2D eigenvalue weighted by Crippen LogP contribution is 2.23. The van der Waals surface area contributed by atoms with Crippen LogP contribution in [0.5, 0.6) is 11.5 Å². The summed E-state index contributed by atoms with van der Waals surface area (Å²) in [6.07, 6.45) is 3.76. The molecule has 156 valence electrons. The van der Waals surface area contributed by atoms with E-state index in [2.05, 4.69) is 22.0 Å². The monoisotopic (exact) mass is 405 g/mol. The van der Waals surface area contributed by atoms with Crippen molar-refractivity contribution in [1.29, 1.82) is 0 Å². The Kier molecular flexibility index (Phi) is 6.14. The minimum atomic E-state index is -0.314. The highest BCUT2D eigenvalue weighted by atomic mass is 16.5. The van der Waals surface area contributed by atoms with Gasteiger partial charge in [-0.3, -0.25) is 14.7 Å². The second-order valence-electron chi connectivity index (χ2n) is 8.00. The smallest absolute Gasteiger partial charge is 0.328 e. The summed E-state index contributed by atoms with van der Waals surface area (Å²) in [6.45, 7) is 5.31. The van der Waals surface area contributed by atoms with Crippen LogP contribution in [0.4, 0.5) is 0 Å². The molecular formula is C24H27N3O3. The first-order chi connectivity index (χ1) is 14.6. The summed E-state index contributed by atoms with van der Waals surface area (Å²) >= 11 is 0. The van der Waals surface area contributed by atoms with Gasteiger partial charge in [-0.2, -0.15) is 0 Å². The van der Waals surface area contributed by atoms with Gasteiger partial charge in [0.05, 0.1) is 0 Å². The van der Waals surface area contributed by atoms with E-state index in [0.29, 0.717) is 18.0 Å². The molecule has 1 aliphatic heterocycles. The first-order valence-electron chi connectivity index (χ1n) is 10.4. The van der Waals surface area contributed by atoms with Gasteiger partial charge in [0.2, 0.25) is 0 Å². The SMILES string of the molecule is Cc1cn(CC2CCN(Cc3ccc(Oc4ccccc4)cc3)CC2)c(=O)[nH]c1=O. The van der Waals surface area contributed by atoms with Crippen LogP contribution in [0.25, 0.3) is 0 Å². The third-order valence-electron chi connectivity index (χ3n) is 5.66. The van der Waals surface area contributed by atoms with Crippen molar-refractivity contribution in [2.75, 3.05) is 13.1 Å². The zero-order chi connectivity index (χ0) is 20.9. The number of aromatic amines is 1. The lowest BCUT2D eigenvalue weighted by atomic mass is 9.96. The fourth-order valence-electron chi connectivity index (χ4n) is 3.91. The summed E-state index contributed by atoms with van der Waals surface area (Å²) in [4.78, 5) is 28.4. The van der Waals surface area contributed by atoms with E-state index in [0.717, 1.165) is 44.0 Å². The third kappa shape index (κ3) is 5.07. The first kappa shape index (κ1) is 20.2. The molecule has 2 heterocycles. The van der Waals surface area contributed by atoms with E-state index in [1.807, 2.05) is 42.5 Å². The Hall–Kier alpha value is -3.12. The number of hydrogen-bond acceptors (Lipinski definition) is 4. The second kappa shape index (κ2) is 9.13. The topological polar surface area (TPSA) is 67.3 Å². The number of H-pyrrole nitrogens is 1. The fraction of sp³-hybridized carbons (Fsp3) is 0.333. The molecule has 6 nitrogen and oxygen atoms in total. The molecule has 1 saturated heterocycles. The van der Waals surface area contributed by atoms with Gasteiger partial charge in [-0.05, 0) is 68.6 Å². The molecule has 0 unspecified atom stereocenters. The maximum Gasteiger partial charge on any atom is 0.328 e. The number of benzene rings is 2. The molecular weight excluding hydrogens is 378 g/mol. The molecule has 3 aromatic rings. The summed E-state index contributed by atoms with van der Waals surface area (Å²) in [5.41, 5.74) is 1.23. The third-order valence-corrected chi connectivity index (χ3v) is 5.66. The van der Waals surface area contributed by atoms with Crippen LogP contribution in [0, 0.1) is 12.8 Å². The van der Waals surface area contributed by atoms with Crippen molar-refractivity contribution in [3.63, 3.8) is 0 Å². The molecule has 0 amide bonds. The number of nitrogens with zero attached hydrogens (tertiary/aromatic N) is 2. The lowest BCUT2D eigenvalue weighted by Crippen LogP contribution is -2.37. The van der Waals surface area contributed by atoms with E-state index in [-0.39, 0.29) is 11.2 Å². The lowest BCUT2D eigenvalue weighted by Gasteiger charge is -2.32. The largest absolute Gasteiger partial charge is 0.457 e. The molecule has 0 aliphatic carbocycles. The van der Waals surface area contributed by atoms with Crippen LogP contribution in [0.3, 0.4) is 0 Å². The highest BCUT2D eigenvalue weighted by Gasteiger charge is 2.20. The predicted octanol–water partition coefficient (Wildman–Crippen LogP) is 3.55. The molecule has 30 heavy (non-hydrogen) atoms. The quantitative estimate of drug-likeness (QED) is 0.681. The van der Waals surface area contributed by atoms with E-state index in [1.54, 1.807) is 17.7 Å². The van der Waals surface area contributed by atoms with Gasteiger partial charge in [0.1, 0.15) is 11.5 Å². The summed E-state index contributed by atoms with van der Waals surface area (Å²) < 4.78 is 7.50. The van der Waals surface area contributed by atoms with Crippen LogP contribution in [0.2, 0.25) is 0 Å². The average Bonchev–Trinajstić information content (AvgIpc) is 2.75. The number of rotatable bonds is 6. The van der Waals surface area contributed by atoms with Crippen LogP contribution in [0.1, 0.15) is 24.0 Å². The van der Waals surface area contributed by atoms with Crippen LogP contribution in [0.15, 0.2) is 70.4 Å². The molecule has 6 heteroatoms. The van der Waals surface area contributed by atoms with E-state index < -0.39 is 0 Å². The molecule has 1 aromatic heterocycles. The molecule has 2 aromatic carbocycles. The van der Waals surface area contributed by atoms with E-state index >= 15 is 0 Å².